The Kier molecular flexibility index (Phi) is 4.91. The summed E-state index contributed by atoms with van der Waals surface area (Å²) in [6.45, 7) is 0.343. The van der Waals surface area contributed by atoms with E-state index < -0.39 is 0 Å². The summed E-state index contributed by atoms with van der Waals surface area (Å²) in [5.41, 5.74) is 3.34. The van der Waals surface area contributed by atoms with Crippen molar-refractivity contribution < 1.29 is 4.79 Å². The second-order valence-corrected chi connectivity index (χ2v) is 5.88. The minimum Gasteiger partial charge on any atom is -0.346 e. The van der Waals surface area contributed by atoms with E-state index in [0.29, 0.717) is 23.6 Å². The Hall–Kier alpha value is -2.66. The van der Waals surface area contributed by atoms with Crippen LogP contribution in [-0.2, 0) is 20.0 Å². The number of benzene rings is 1. The zero-order valence-corrected chi connectivity index (χ0v) is 14.0. The summed E-state index contributed by atoms with van der Waals surface area (Å²) in [7, 11) is 1.84. The quantitative estimate of drug-likeness (QED) is 0.776. The van der Waals surface area contributed by atoms with Gasteiger partial charge in [0, 0.05) is 19.7 Å². The number of pyridine rings is 1. The molecule has 2 aromatic heterocycles. The number of halogens is 1. The van der Waals surface area contributed by atoms with Crippen LogP contribution in [0.2, 0.25) is 5.02 Å². The van der Waals surface area contributed by atoms with Crippen LogP contribution in [0, 0.1) is 0 Å². The highest BCUT2D eigenvalue weighted by molar-refractivity contribution is 6.30. The number of hydrogen-bond donors (Lipinski definition) is 1. The number of aryl methyl sites for hydroxylation is 1. The normalized spacial score (nSPS) is 10.6. The van der Waals surface area contributed by atoms with E-state index in [0.717, 1.165) is 17.0 Å². The topological polar surface area (TPSA) is 59.8 Å². The molecule has 0 saturated carbocycles. The van der Waals surface area contributed by atoms with E-state index in [1.807, 2.05) is 37.4 Å². The fourth-order valence-electron chi connectivity index (χ4n) is 2.43. The summed E-state index contributed by atoms with van der Waals surface area (Å²) >= 11 is 5.81. The number of hydrogen-bond acceptors (Lipinski definition) is 3. The molecule has 1 N–H and O–H groups in total. The molecule has 0 unspecified atom stereocenters. The van der Waals surface area contributed by atoms with E-state index in [-0.39, 0.29) is 5.91 Å². The van der Waals surface area contributed by atoms with Crippen LogP contribution in [-0.4, -0.2) is 20.7 Å². The zero-order chi connectivity index (χ0) is 16.9. The van der Waals surface area contributed by atoms with Gasteiger partial charge in [0.1, 0.15) is 0 Å². The zero-order valence-electron chi connectivity index (χ0n) is 13.2. The van der Waals surface area contributed by atoms with Crippen molar-refractivity contribution in [3.8, 4) is 0 Å². The molecule has 2 heterocycles. The molecule has 122 valence electrons. The number of nitrogens with zero attached hydrogens (tertiary/aromatic N) is 3. The van der Waals surface area contributed by atoms with Gasteiger partial charge in [0.2, 0.25) is 0 Å². The maximum Gasteiger partial charge on any atom is 0.255 e. The van der Waals surface area contributed by atoms with Crippen molar-refractivity contribution in [2.24, 2.45) is 7.05 Å². The lowest BCUT2D eigenvalue weighted by molar-refractivity contribution is 0.0949. The lowest BCUT2D eigenvalue weighted by Gasteiger charge is -2.08. The van der Waals surface area contributed by atoms with Crippen molar-refractivity contribution in [1.82, 2.24) is 20.1 Å². The fourth-order valence-corrected chi connectivity index (χ4v) is 2.54. The SMILES string of the molecule is Cn1ncc(C(=O)NCc2ccc(Cl)cn2)c1Cc1ccccc1. The molecular weight excluding hydrogens is 324 g/mol. The predicted octanol–water partition coefficient (Wildman–Crippen LogP) is 2.99. The Morgan fingerprint density at radius 2 is 1.96 bits per heavy atom. The minimum atomic E-state index is -0.161. The summed E-state index contributed by atoms with van der Waals surface area (Å²) in [4.78, 5) is 16.7. The first-order chi connectivity index (χ1) is 11.6. The molecular formula is C18H17ClN4O. The minimum absolute atomic E-state index is 0.161. The summed E-state index contributed by atoms with van der Waals surface area (Å²) in [5.74, 6) is -0.161. The molecule has 0 aliphatic heterocycles. The third-order valence-corrected chi connectivity index (χ3v) is 3.96. The maximum atomic E-state index is 12.5. The highest BCUT2D eigenvalue weighted by atomic mass is 35.5. The molecule has 0 fully saturated rings. The summed E-state index contributed by atoms with van der Waals surface area (Å²) < 4.78 is 1.74. The summed E-state index contributed by atoms with van der Waals surface area (Å²) in [6.07, 6.45) is 3.82. The van der Waals surface area contributed by atoms with Gasteiger partial charge in [-0.2, -0.15) is 5.10 Å². The van der Waals surface area contributed by atoms with Crippen LogP contribution in [0.1, 0.15) is 27.3 Å². The standard InChI is InChI=1S/C18H17ClN4O/c1-23-17(9-13-5-3-2-4-6-13)16(12-22-23)18(24)21-11-15-8-7-14(19)10-20-15/h2-8,10,12H,9,11H2,1H3,(H,21,24). The highest BCUT2D eigenvalue weighted by Gasteiger charge is 2.16. The van der Waals surface area contributed by atoms with Crippen molar-refractivity contribution in [1.29, 1.82) is 0 Å². The fraction of sp³-hybridized carbons (Fsp3) is 0.167. The van der Waals surface area contributed by atoms with Crippen LogP contribution < -0.4 is 5.32 Å². The van der Waals surface area contributed by atoms with E-state index in [1.165, 1.54) is 0 Å². The number of amides is 1. The monoisotopic (exact) mass is 340 g/mol. The molecule has 1 amide bonds. The molecule has 0 aliphatic rings. The van der Waals surface area contributed by atoms with Gasteiger partial charge in [-0.05, 0) is 17.7 Å². The lowest BCUT2D eigenvalue weighted by Crippen LogP contribution is -2.24. The molecule has 3 rings (SSSR count). The Bertz CT molecular complexity index is 828. The predicted molar refractivity (Wildman–Crippen MR) is 92.9 cm³/mol. The van der Waals surface area contributed by atoms with Crippen LogP contribution in [0.4, 0.5) is 0 Å². The molecule has 3 aromatic rings. The summed E-state index contributed by atoms with van der Waals surface area (Å²) in [5, 5.41) is 7.67. The Morgan fingerprint density at radius 3 is 2.67 bits per heavy atom. The lowest BCUT2D eigenvalue weighted by atomic mass is 10.1. The molecule has 6 heteroatoms. The Morgan fingerprint density at radius 1 is 1.17 bits per heavy atom. The molecule has 1 aromatic carbocycles. The molecule has 0 saturated heterocycles. The van der Waals surface area contributed by atoms with E-state index in [9.17, 15) is 4.79 Å². The van der Waals surface area contributed by atoms with E-state index in [4.69, 9.17) is 11.6 Å². The number of carbonyl (C=O) groups is 1. The molecule has 5 nitrogen and oxygen atoms in total. The van der Waals surface area contributed by atoms with Gasteiger partial charge >= 0.3 is 0 Å². The Labute approximate surface area is 145 Å². The number of rotatable bonds is 5. The van der Waals surface area contributed by atoms with E-state index in [2.05, 4.69) is 15.4 Å². The Balaban J connectivity index is 1.72. The smallest absolute Gasteiger partial charge is 0.255 e. The van der Waals surface area contributed by atoms with E-state index in [1.54, 1.807) is 29.2 Å². The second kappa shape index (κ2) is 7.27. The second-order valence-electron chi connectivity index (χ2n) is 5.44. The van der Waals surface area contributed by atoms with Gasteiger partial charge in [-0.25, -0.2) is 0 Å². The van der Waals surface area contributed by atoms with Gasteiger partial charge in [0.05, 0.1) is 34.7 Å². The first-order valence-electron chi connectivity index (χ1n) is 7.57. The average molecular weight is 341 g/mol. The number of nitrogens with one attached hydrogen (secondary N) is 1. The van der Waals surface area contributed by atoms with Crippen molar-refractivity contribution in [3.63, 3.8) is 0 Å². The van der Waals surface area contributed by atoms with Crippen LogP contribution >= 0.6 is 11.6 Å². The van der Waals surface area contributed by atoms with Gasteiger partial charge in [0.15, 0.2) is 0 Å². The third kappa shape index (κ3) is 3.81. The van der Waals surface area contributed by atoms with Gasteiger partial charge in [-0.3, -0.25) is 14.5 Å². The van der Waals surface area contributed by atoms with Crippen LogP contribution in [0.5, 0.6) is 0 Å². The van der Waals surface area contributed by atoms with Crippen molar-refractivity contribution in [3.05, 3.63) is 82.4 Å². The van der Waals surface area contributed by atoms with Gasteiger partial charge in [-0.15, -0.1) is 0 Å². The molecule has 24 heavy (non-hydrogen) atoms. The van der Waals surface area contributed by atoms with Crippen molar-refractivity contribution in [2.75, 3.05) is 0 Å². The van der Waals surface area contributed by atoms with Gasteiger partial charge in [0.25, 0.3) is 5.91 Å². The maximum absolute atomic E-state index is 12.5. The van der Waals surface area contributed by atoms with Crippen LogP contribution in [0.25, 0.3) is 0 Å². The molecule has 0 radical (unpaired) electrons. The molecule has 0 atom stereocenters. The van der Waals surface area contributed by atoms with Crippen LogP contribution in [0.3, 0.4) is 0 Å². The first kappa shape index (κ1) is 16.2. The third-order valence-electron chi connectivity index (χ3n) is 3.74. The van der Waals surface area contributed by atoms with Crippen LogP contribution in [0.15, 0.2) is 54.9 Å². The number of carbonyl (C=O) groups excluding carboxylic acids is 1. The largest absolute Gasteiger partial charge is 0.346 e. The number of aromatic nitrogens is 3. The van der Waals surface area contributed by atoms with E-state index >= 15 is 0 Å². The summed E-state index contributed by atoms with van der Waals surface area (Å²) in [6, 6.07) is 13.5. The van der Waals surface area contributed by atoms with Gasteiger partial charge < -0.3 is 5.32 Å². The average Bonchev–Trinajstić information content (AvgIpc) is 2.96. The van der Waals surface area contributed by atoms with Gasteiger partial charge in [-0.1, -0.05) is 41.9 Å². The first-order valence-corrected chi connectivity index (χ1v) is 7.94. The molecule has 0 aliphatic carbocycles. The molecule has 0 bridgehead atoms. The molecule has 0 spiro atoms. The van der Waals surface area contributed by atoms with Crippen molar-refractivity contribution >= 4 is 17.5 Å². The van der Waals surface area contributed by atoms with Crippen molar-refractivity contribution in [2.45, 2.75) is 13.0 Å². The highest BCUT2D eigenvalue weighted by Crippen LogP contribution is 2.14.